The fourth-order valence-corrected chi connectivity index (χ4v) is 3.93. The number of rotatable bonds is 6. The lowest BCUT2D eigenvalue weighted by Gasteiger charge is -2.17. The molecule has 1 amide bonds. The first kappa shape index (κ1) is 16.4. The largest absolute Gasteiger partial charge is 0.493 e. The van der Waals surface area contributed by atoms with E-state index in [9.17, 15) is 9.90 Å². The van der Waals surface area contributed by atoms with Gasteiger partial charge >= 0.3 is 0 Å². The van der Waals surface area contributed by atoms with E-state index in [4.69, 9.17) is 4.74 Å². The highest BCUT2D eigenvalue weighted by atomic mass is 32.2. The number of hydrogen-bond donors (Lipinski definition) is 2. The molecular weight excluding hydrogens is 310 g/mol. The average molecular weight is 333 g/mol. The summed E-state index contributed by atoms with van der Waals surface area (Å²) < 4.78 is 5.79. The minimum Gasteiger partial charge on any atom is -0.493 e. The zero-order chi connectivity index (χ0) is 16.1. The second-order valence-corrected chi connectivity index (χ2v) is 7.41. The Labute approximate surface area is 141 Å². The lowest BCUT2D eigenvalue weighted by atomic mass is 9.96. The van der Waals surface area contributed by atoms with Gasteiger partial charge in [-0.05, 0) is 43.4 Å². The minimum atomic E-state index is -0.270. The molecule has 2 atom stereocenters. The molecule has 1 aromatic rings. The van der Waals surface area contributed by atoms with Crippen LogP contribution in [0.25, 0.3) is 0 Å². The Morgan fingerprint density at radius 3 is 2.83 bits per heavy atom. The highest BCUT2D eigenvalue weighted by Crippen LogP contribution is 2.24. The quantitative estimate of drug-likeness (QED) is 0.784. The number of carbonyl (C=O) groups excluding carboxylic acids is 1. The topological polar surface area (TPSA) is 58.6 Å². The van der Waals surface area contributed by atoms with Gasteiger partial charge in [0.25, 0.3) is 5.24 Å². The van der Waals surface area contributed by atoms with E-state index >= 15 is 0 Å². The summed E-state index contributed by atoms with van der Waals surface area (Å²) in [6.07, 6.45) is 6.51. The molecule has 1 fully saturated rings. The van der Waals surface area contributed by atoms with E-state index in [1.807, 2.05) is 18.2 Å². The van der Waals surface area contributed by atoms with Crippen LogP contribution < -0.4 is 10.1 Å². The summed E-state index contributed by atoms with van der Waals surface area (Å²) in [4.78, 5) is 11.2. The van der Waals surface area contributed by atoms with Crippen molar-refractivity contribution in [2.75, 3.05) is 13.2 Å². The molecule has 1 saturated heterocycles. The van der Waals surface area contributed by atoms with Crippen LogP contribution in [-0.2, 0) is 6.42 Å². The number of nitrogens with one attached hydrogen (secondary N) is 1. The molecular formula is C18H23NO3S. The summed E-state index contributed by atoms with van der Waals surface area (Å²) in [6.45, 7) is 1.40. The monoisotopic (exact) mass is 333 g/mol. The standard InChI is InChI=1S/C18H23NO3S/c20-15-3-1-2-13(10-15)8-9-22-16-6-4-14(5-7-16)11-17-12-19-18(21)23-17/h4-7,10,15,17,20H,1-3,8-9,11-12H2,(H,19,21). The molecule has 23 heavy (non-hydrogen) atoms. The van der Waals surface area contributed by atoms with E-state index in [-0.39, 0.29) is 11.3 Å². The Bertz CT molecular complexity index is 570. The molecule has 5 heteroatoms. The van der Waals surface area contributed by atoms with Gasteiger partial charge in [-0.1, -0.05) is 35.5 Å². The highest BCUT2D eigenvalue weighted by molar-refractivity contribution is 8.14. The van der Waals surface area contributed by atoms with Gasteiger partial charge < -0.3 is 15.2 Å². The van der Waals surface area contributed by atoms with Crippen LogP contribution in [0.2, 0.25) is 0 Å². The molecule has 2 aliphatic rings. The van der Waals surface area contributed by atoms with Crippen LogP contribution in [0, 0.1) is 0 Å². The lowest BCUT2D eigenvalue weighted by molar-refractivity contribution is 0.200. The van der Waals surface area contributed by atoms with E-state index in [1.54, 1.807) is 0 Å². The van der Waals surface area contributed by atoms with E-state index < -0.39 is 0 Å². The van der Waals surface area contributed by atoms with E-state index in [0.717, 1.165) is 44.4 Å². The molecule has 0 bridgehead atoms. The molecule has 0 saturated carbocycles. The first-order chi connectivity index (χ1) is 11.2. The Kier molecular flexibility index (Phi) is 5.62. The summed E-state index contributed by atoms with van der Waals surface area (Å²) in [5.41, 5.74) is 2.53. The molecule has 2 N–H and O–H groups in total. The molecule has 2 unspecified atom stereocenters. The maximum Gasteiger partial charge on any atom is 0.279 e. The second kappa shape index (κ2) is 7.88. The summed E-state index contributed by atoms with van der Waals surface area (Å²) in [5.74, 6) is 0.874. The summed E-state index contributed by atoms with van der Waals surface area (Å²) >= 11 is 1.39. The van der Waals surface area contributed by atoms with Gasteiger partial charge in [-0.2, -0.15) is 0 Å². The molecule has 1 aliphatic heterocycles. The third-order valence-corrected chi connectivity index (χ3v) is 5.28. The molecule has 0 aromatic heterocycles. The minimum absolute atomic E-state index is 0.0806. The van der Waals surface area contributed by atoms with Crippen molar-refractivity contribution in [1.82, 2.24) is 5.32 Å². The van der Waals surface area contributed by atoms with Crippen LogP contribution in [0.15, 0.2) is 35.9 Å². The van der Waals surface area contributed by atoms with Crippen molar-refractivity contribution in [2.45, 2.75) is 43.5 Å². The van der Waals surface area contributed by atoms with Gasteiger partial charge in [0.15, 0.2) is 0 Å². The number of carbonyl (C=O) groups is 1. The van der Waals surface area contributed by atoms with E-state index in [2.05, 4.69) is 17.4 Å². The van der Waals surface area contributed by atoms with Gasteiger partial charge in [0.1, 0.15) is 5.75 Å². The summed E-state index contributed by atoms with van der Waals surface area (Å²) in [5, 5.41) is 12.9. The highest BCUT2D eigenvalue weighted by Gasteiger charge is 2.22. The van der Waals surface area contributed by atoms with Gasteiger partial charge in [0.05, 0.1) is 12.7 Å². The normalized spacial score (nSPS) is 24.2. The van der Waals surface area contributed by atoms with Crippen LogP contribution in [0.4, 0.5) is 4.79 Å². The Hall–Kier alpha value is -1.46. The first-order valence-corrected chi connectivity index (χ1v) is 9.11. The molecule has 0 spiro atoms. The molecule has 124 valence electrons. The molecule has 4 nitrogen and oxygen atoms in total. The number of aliphatic hydroxyl groups excluding tert-OH is 1. The Balaban J connectivity index is 1.43. The van der Waals surface area contributed by atoms with Crippen LogP contribution in [-0.4, -0.2) is 34.9 Å². The number of ether oxygens (including phenoxy) is 1. The number of amides is 1. The van der Waals surface area contributed by atoms with E-state index in [1.165, 1.54) is 22.9 Å². The maximum atomic E-state index is 11.2. The molecule has 0 radical (unpaired) electrons. The zero-order valence-corrected chi connectivity index (χ0v) is 14.0. The van der Waals surface area contributed by atoms with Gasteiger partial charge in [0, 0.05) is 18.2 Å². The zero-order valence-electron chi connectivity index (χ0n) is 13.2. The fourth-order valence-electron chi connectivity index (χ4n) is 3.02. The third-order valence-electron chi connectivity index (χ3n) is 4.25. The van der Waals surface area contributed by atoms with Gasteiger partial charge in [-0.3, -0.25) is 4.79 Å². The molecule has 1 heterocycles. The second-order valence-electron chi connectivity index (χ2n) is 6.14. The number of aliphatic hydroxyl groups is 1. The number of hydrogen-bond acceptors (Lipinski definition) is 4. The van der Waals surface area contributed by atoms with Gasteiger partial charge in [0.2, 0.25) is 0 Å². The Morgan fingerprint density at radius 2 is 2.13 bits per heavy atom. The van der Waals surface area contributed by atoms with Crippen molar-refractivity contribution >= 4 is 17.0 Å². The van der Waals surface area contributed by atoms with Crippen LogP contribution in [0.1, 0.15) is 31.2 Å². The average Bonchev–Trinajstić information content (AvgIpc) is 2.94. The van der Waals surface area contributed by atoms with Crippen LogP contribution >= 0.6 is 11.8 Å². The van der Waals surface area contributed by atoms with Crippen molar-refractivity contribution in [1.29, 1.82) is 0 Å². The maximum absolute atomic E-state index is 11.2. The van der Waals surface area contributed by atoms with Crippen molar-refractivity contribution in [3.8, 4) is 5.75 Å². The van der Waals surface area contributed by atoms with Crippen molar-refractivity contribution < 1.29 is 14.6 Å². The van der Waals surface area contributed by atoms with Crippen LogP contribution in [0.5, 0.6) is 5.75 Å². The molecule has 1 aliphatic carbocycles. The summed E-state index contributed by atoms with van der Waals surface area (Å²) in [7, 11) is 0. The Morgan fingerprint density at radius 1 is 1.30 bits per heavy atom. The van der Waals surface area contributed by atoms with E-state index in [0.29, 0.717) is 11.9 Å². The van der Waals surface area contributed by atoms with Crippen LogP contribution in [0.3, 0.4) is 0 Å². The predicted molar refractivity (Wildman–Crippen MR) is 93.0 cm³/mol. The lowest BCUT2D eigenvalue weighted by Crippen LogP contribution is -2.16. The number of thioether (sulfide) groups is 1. The molecule has 3 rings (SSSR count). The van der Waals surface area contributed by atoms with Gasteiger partial charge in [-0.15, -0.1) is 0 Å². The third kappa shape index (κ3) is 5.01. The summed E-state index contributed by atoms with van der Waals surface area (Å²) in [6, 6.07) is 8.13. The molecule has 1 aromatic carbocycles. The fraction of sp³-hybridized carbons (Fsp3) is 0.500. The van der Waals surface area contributed by atoms with Crippen molar-refractivity contribution in [3.05, 3.63) is 41.5 Å². The number of benzene rings is 1. The first-order valence-electron chi connectivity index (χ1n) is 8.23. The van der Waals surface area contributed by atoms with Crippen molar-refractivity contribution in [2.24, 2.45) is 0 Å². The smallest absolute Gasteiger partial charge is 0.279 e. The SMILES string of the molecule is O=C1NCC(Cc2ccc(OCCC3=CC(O)CCC3)cc2)S1. The predicted octanol–water partition coefficient (Wildman–Crippen LogP) is 3.29. The van der Waals surface area contributed by atoms with Gasteiger partial charge in [-0.25, -0.2) is 0 Å². The van der Waals surface area contributed by atoms with Crippen molar-refractivity contribution in [3.63, 3.8) is 0 Å².